The molecular formula is C37H56. The second-order valence-corrected chi connectivity index (χ2v) is 13.1. The summed E-state index contributed by atoms with van der Waals surface area (Å²) in [5.41, 5.74) is 12.5. The Bertz CT molecular complexity index is 941. The van der Waals surface area contributed by atoms with Gasteiger partial charge in [0.25, 0.3) is 0 Å². The molecule has 0 radical (unpaired) electrons. The average molecular weight is 501 g/mol. The third-order valence-electron chi connectivity index (χ3n) is 8.08. The van der Waals surface area contributed by atoms with Crippen molar-refractivity contribution in [2.24, 2.45) is 23.7 Å². The molecule has 0 aromatic heterocycles. The highest BCUT2D eigenvalue weighted by Gasteiger charge is 2.23. The Morgan fingerprint density at radius 2 is 0.676 bits per heavy atom. The lowest BCUT2D eigenvalue weighted by Crippen LogP contribution is -1.95. The lowest BCUT2D eigenvalue weighted by Gasteiger charge is -2.10. The molecule has 0 bridgehead atoms. The number of benzene rings is 1. The summed E-state index contributed by atoms with van der Waals surface area (Å²) in [5, 5.41) is 0. The quantitative estimate of drug-likeness (QED) is 0.364. The van der Waals surface area contributed by atoms with E-state index in [1.807, 2.05) is 0 Å². The van der Waals surface area contributed by atoms with Gasteiger partial charge < -0.3 is 0 Å². The number of hydrogen-bond donors (Lipinski definition) is 0. The van der Waals surface area contributed by atoms with E-state index in [0.29, 0.717) is 11.8 Å². The van der Waals surface area contributed by atoms with Crippen LogP contribution in [0.3, 0.4) is 0 Å². The first-order valence-electron chi connectivity index (χ1n) is 14.9. The minimum atomic E-state index is 0.645. The van der Waals surface area contributed by atoms with Gasteiger partial charge in [0.2, 0.25) is 0 Å². The van der Waals surface area contributed by atoms with Gasteiger partial charge in [0.1, 0.15) is 0 Å². The number of allylic oxidation sites excluding steroid dienone is 10. The molecule has 0 saturated carbocycles. The molecule has 4 rings (SSSR count). The summed E-state index contributed by atoms with van der Waals surface area (Å²) >= 11 is 0. The Kier molecular flexibility index (Phi) is 11.9. The second-order valence-electron chi connectivity index (χ2n) is 13.1. The fourth-order valence-electron chi connectivity index (χ4n) is 4.87. The van der Waals surface area contributed by atoms with Crippen molar-refractivity contribution in [3.05, 3.63) is 93.1 Å². The number of rotatable bonds is 6. The summed E-state index contributed by atoms with van der Waals surface area (Å²) in [5.74, 6) is 4.18. The van der Waals surface area contributed by atoms with Crippen molar-refractivity contribution < 1.29 is 0 Å². The molecule has 204 valence electrons. The Balaban J connectivity index is 0.000000197. The highest BCUT2D eigenvalue weighted by molar-refractivity contribution is 5.52. The van der Waals surface area contributed by atoms with Gasteiger partial charge in [0.15, 0.2) is 0 Å². The SMILES string of the molecule is CC(C)C1=CC2=C(C=C(C(C)C)C2)C1.CC(C)C1=CC=C(C(C)C)C1.CC(C)c1ccc(C(C)C)cc1. The molecule has 0 unspecified atom stereocenters. The zero-order chi connectivity index (χ0) is 27.9. The predicted octanol–water partition coefficient (Wildman–Crippen LogP) is 11.7. The van der Waals surface area contributed by atoms with Crippen LogP contribution in [0, 0.1) is 23.7 Å². The largest absolute Gasteiger partial charge is 0.0636 e. The molecule has 3 aliphatic rings. The molecule has 0 fully saturated rings. The van der Waals surface area contributed by atoms with E-state index in [2.05, 4.69) is 132 Å². The van der Waals surface area contributed by atoms with Gasteiger partial charge in [-0.1, -0.05) is 154 Å². The standard InChI is InChI=1S/C14H20.C12H18.C11H18/c1-9(2)11-5-13-7-12(10(3)4)8-14(13)6-11;1-9(2)11-5-7-12(8-6-11)10(3)4;1-8(2)10-5-6-11(7-10)9(3)4/h5,8-10H,6-7H2,1-4H3;5-10H,1-4H3;5-6,8-9H,7H2,1-4H3. The molecular weight excluding hydrogens is 444 g/mol. The topological polar surface area (TPSA) is 0 Å². The lowest BCUT2D eigenvalue weighted by atomic mass is 9.95. The molecule has 0 saturated heterocycles. The number of hydrogen-bond acceptors (Lipinski definition) is 0. The van der Waals surface area contributed by atoms with Crippen LogP contribution < -0.4 is 0 Å². The first-order valence-corrected chi connectivity index (χ1v) is 14.9. The highest BCUT2D eigenvalue weighted by Crippen LogP contribution is 2.40. The van der Waals surface area contributed by atoms with E-state index < -0.39 is 0 Å². The normalized spacial score (nSPS) is 16.7. The van der Waals surface area contributed by atoms with Gasteiger partial charge >= 0.3 is 0 Å². The Hall–Kier alpha value is -2.08. The van der Waals surface area contributed by atoms with Gasteiger partial charge in [-0.05, 0) is 77.0 Å². The Labute approximate surface area is 230 Å². The van der Waals surface area contributed by atoms with Crippen LogP contribution in [0.25, 0.3) is 0 Å². The lowest BCUT2D eigenvalue weighted by molar-refractivity contribution is 0.696. The molecule has 3 aliphatic carbocycles. The first kappa shape index (κ1) is 31.1. The summed E-state index contributed by atoms with van der Waals surface area (Å²) in [4.78, 5) is 0. The molecule has 37 heavy (non-hydrogen) atoms. The maximum absolute atomic E-state index is 2.44. The van der Waals surface area contributed by atoms with Crippen molar-refractivity contribution in [2.45, 2.75) is 114 Å². The van der Waals surface area contributed by atoms with E-state index >= 15 is 0 Å². The summed E-state index contributed by atoms with van der Waals surface area (Å²) < 4.78 is 0. The van der Waals surface area contributed by atoms with Crippen LogP contribution in [0.1, 0.15) is 125 Å². The molecule has 0 aliphatic heterocycles. The van der Waals surface area contributed by atoms with Gasteiger partial charge in [-0.2, -0.15) is 0 Å². The maximum Gasteiger partial charge on any atom is -0.00585 e. The van der Waals surface area contributed by atoms with E-state index in [0.717, 1.165) is 23.7 Å². The monoisotopic (exact) mass is 500 g/mol. The van der Waals surface area contributed by atoms with Gasteiger partial charge in [0, 0.05) is 0 Å². The van der Waals surface area contributed by atoms with Crippen molar-refractivity contribution in [1.29, 1.82) is 0 Å². The van der Waals surface area contributed by atoms with Crippen LogP contribution in [-0.2, 0) is 0 Å². The van der Waals surface area contributed by atoms with Crippen LogP contribution in [0.2, 0.25) is 0 Å². The smallest absolute Gasteiger partial charge is 0.00585 e. The summed E-state index contributed by atoms with van der Waals surface area (Å²) in [6.07, 6.45) is 13.1. The highest BCUT2D eigenvalue weighted by atomic mass is 14.3. The van der Waals surface area contributed by atoms with Gasteiger partial charge in [-0.3, -0.25) is 0 Å². The third-order valence-corrected chi connectivity index (χ3v) is 8.08. The molecule has 0 heterocycles. The van der Waals surface area contributed by atoms with E-state index in [4.69, 9.17) is 0 Å². The van der Waals surface area contributed by atoms with Crippen LogP contribution in [-0.4, -0.2) is 0 Å². The molecule has 0 amide bonds. The van der Waals surface area contributed by atoms with Crippen LogP contribution in [0.15, 0.2) is 82.0 Å². The Morgan fingerprint density at radius 3 is 0.892 bits per heavy atom. The molecule has 0 spiro atoms. The van der Waals surface area contributed by atoms with E-state index in [1.54, 1.807) is 33.4 Å². The van der Waals surface area contributed by atoms with Crippen molar-refractivity contribution in [3.8, 4) is 0 Å². The molecule has 1 aromatic rings. The van der Waals surface area contributed by atoms with E-state index in [9.17, 15) is 0 Å². The third kappa shape index (κ3) is 9.31. The van der Waals surface area contributed by atoms with Crippen molar-refractivity contribution >= 4 is 0 Å². The zero-order valence-electron chi connectivity index (χ0n) is 26.2. The minimum Gasteiger partial charge on any atom is -0.0636 e. The van der Waals surface area contributed by atoms with Crippen LogP contribution in [0.4, 0.5) is 0 Å². The zero-order valence-corrected chi connectivity index (χ0v) is 26.2. The van der Waals surface area contributed by atoms with Crippen molar-refractivity contribution in [3.63, 3.8) is 0 Å². The fraction of sp³-hybridized carbons (Fsp3) is 0.568. The van der Waals surface area contributed by atoms with E-state index in [1.165, 1.54) is 30.4 Å². The summed E-state index contributed by atoms with van der Waals surface area (Å²) in [6.45, 7) is 27.1. The first-order chi connectivity index (χ1) is 17.3. The van der Waals surface area contributed by atoms with Gasteiger partial charge in [-0.15, -0.1) is 0 Å². The van der Waals surface area contributed by atoms with Gasteiger partial charge in [-0.25, -0.2) is 0 Å². The Morgan fingerprint density at radius 1 is 0.378 bits per heavy atom. The molecule has 0 N–H and O–H groups in total. The molecule has 0 nitrogen and oxygen atoms in total. The van der Waals surface area contributed by atoms with Crippen molar-refractivity contribution in [2.75, 3.05) is 0 Å². The van der Waals surface area contributed by atoms with Crippen LogP contribution >= 0.6 is 0 Å². The van der Waals surface area contributed by atoms with Crippen LogP contribution in [0.5, 0.6) is 0 Å². The summed E-state index contributed by atoms with van der Waals surface area (Å²) in [6, 6.07) is 8.94. The van der Waals surface area contributed by atoms with Crippen molar-refractivity contribution in [1.82, 2.24) is 0 Å². The summed E-state index contributed by atoms with van der Waals surface area (Å²) in [7, 11) is 0. The van der Waals surface area contributed by atoms with E-state index in [-0.39, 0.29) is 0 Å². The van der Waals surface area contributed by atoms with Gasteiger partial charge in [0.05, 0.1) is 0 Å². The minimum absolute atomic E-state index is 0.645. The second kappa shape index (κ2) is 14.2. The molecule has 0 heteroatoms. The predicted molar refractivity (Wildman–Crippen MR) is 167 cm³/mol. The molecule has 0 atom stereocenters. The molecule has 1 aromatic carbocycles. The average Bonchev–Trinajstić information content (AvgIpc) is 3.55. The maximum atomic E-state index is 2.44. The fourth-order valence-corrected chi connectivity index (χ4v) is 4.87.